The first-order valence-electron chi connectivity index (χ1n) is 12.1. The molecule has 0 bridgehead atoms. The molecule has 4 nitrogen and oxygen atoms in total. The Morgan fingerprint density at radius 2 is 1.97 bits per heavy atom. The van der Waals surface area contributed by atoms with Crippen LogP contribution in [0.1, 0.15) is 74.7 Å². The van der Waals surface area contributed by atoms with E-state index in [2.05, 4.69) is 26.0 Å². The van der Waals surface area contributed by atoms with E-state index in [4.69, 9.17) is 16.3 Å². The average molecular weight is 463 g/mol. The second-order valence-electron chi connectivity index (χ2n) is 10.3. The monoisotopic (exact) mass is 462 g/mol. The van der Waals surface area contributed by atoms with Crippen molar-refractivity contribution in [3.63, 3.8) is 0 Å². The molecule has 1 aromatic rings. The Morgan fingerprint density at radius 3 is 2.53 bits per heavy atom. The molecular formula is C27H39ClO4. The van der Waals surface area contributed by atoms with E-state index in [0.29, 0.717) is 24.3 Å². The van der Waals surface area contributed by atoms with E-state index in [-0.39, 0.29) is 34.7 Å². The number of carbonyl (C=O) groups excluding carboxylic acids is 1. The first kappa shape index (κ1) is 25.3. The fraction of sp³-hybridized carbons (Fsp3) is 0.667. The van der Waals surface area contributed by atoms with Gasteiger partial charge < -0.3 is 14.9 Å². The number of methoxy groups -OCH3 is 1. The molecule has 0 aromatic heterocycles. The number of aliphatic hydroxyl groups excluding tert-OH is 2. The van der Waals surface area contributed by atoms with Gasteiger partial charge in [-0.2, -0.15) is 0 Å². The minimum Gasteiger partial charge on any atom is -0.465 e. The number of alkyl halides is 1. The summed E-state index contributed by atoms with van der Waals surface area (Å²) in [5.74, 6) is 0.463. The van der Waals surface area contributed by atoms with Crippen LogP contribution in [0.5, 0.6) is 0 Å². The van der Waals surface area contributed by atoms with Crippen LogP contribution in [-0.2, 0) is 11.2 Å². The molecule has 0 saturated heterocycles. The van der Waals surface area contributed by atoms with Gasteiger partial charge in [0.25, 0.3) is 0 Å². The molecule has 0 aliphatic heterocycles. The zero-order valence-electron chi connectivity index (χ0n) is 19.7. The van der Waals surface area contributed by atoms with E-state index in [1.807, 2.05) is 12.1 Å². The Hall–Kier alpha value is -1.36. The Kier molecular flexibility index (Phi) is 8.82. The molecule has 2 saturated carbocycles. The molecular weight excluding hydrogens is 424 g/mol. The lowest BCUT2D eigenvalue weighted by molar-refractivity contribution is -0.0473. The molecule has 3 rings (SSSR count). The van der Waals surface area contributed by atoms with Gasteiger partial charge in [0.1, 0.15) is 0 Å². The lowest BCUT2D eigenvalue weighted by Gasteiger charge is -2.46. The van der Waals surface area contributed by atoms with Gasteiger partial charge in [-0.15, -0.1) is 11.6 Å². The van der Waals surface area contributed by atoms with Crippen molar-refractivity contribution in [1.29, 1.82) is 0 Å². The number of aryl methyl sites for hydroxylation is 1. The van der Waals surface area contributed by atoms with Gasteiger partial charge in [0.15, 0.2) is 0 Å². The van der Waals surface area contributed by atoms with Gasteiger partial charge in [-0.25, -0.2) is 4.79 Å². The highest BCUT2D eigenvalue weighted by molar-refractivity contribution is 6.21. The molecule has 1 unspecified atom stereocenters. The van der Waals surface area contributed by atoms with Crippen molar-refractivity contribution in [1.82, 2.24) is 0 Å². The molecule has 2 aliphatic carbocycles. The van der Waals surface area contributed by atoms with Gasteiger partial charge in [0.2, 0.25) is 0 Å². The summed E-state index contributed by atoms with van der Waals surface area (Å²) in [6.07, 6.45) is 10.9. The van der Waals surface area contributed by atoms with Crippen molar-refractivity contribution >= 4 is 17.6 Å². The van der Waals surface area contributed by atoms with Crippen molar-refractivity contribution in [2.24, 2.45) is 23.2 Å². The number of esters is 1. The van der Waals surface area contributed by atoms with Crippen LogP contribution < -0.4 is 0 Å². The molecule has 178 valence electrons. The number of rotatable bonds is 10. The van der Waals surface area contributed by atoms with Crippen molar-refractivity contribution < 1.29 is 19.7 Å². The topological polar surface area (TPSA) is 66.8 Å². The molecule has 2 aliphatic rings. The fourth-order valence-corrected chi connectivity index (χ4v) is 6.20. The number of ether oxygens (including phenoxy) is 1. The van der Waals surface area contributed by atoms with Gasteiger partial charge in [-0.3, -0.25) is 0 Å². The van der Waals surface area contributed by atoms with Crippen molar-refractivity contribution in [3.8, 4) is 0 Å². The van der Waals surface area contributed by atoms with Gasteiger partial charge in [0.05, 0.1) is 24.9 Å². The normalized spacial score (nSPS) is 28.1. The Labute approximate surface area is 198 Å². The predicted octanol–water partition coefficient (Wildman–Crippen LogP) is 5.53. The zero-order chi connectivity index (χ0) is 23.3. The molecule has 1 aromatic carbocycles. The number of carbonyl (C=O) groups is 1. The highest BCUT2D eigenvalue weighted by Crippen LogP contribution is 2.49. The number of halogens is 1. The Balaban J connectivity index is 1.57. The van der Waals surface area contributed by atoms with Crippen LogP contribution in [0.2, 0.25) is 0 Å². The van der Waals surface area contributed by atoms with Crippen molar-refractivity contribution in [2.75, 3.05) is 7.11 Å². The smallest absolute Gasteiger partial charge is 0.337 e. The lowest BCUT2D eigenvalue weighted by atomic mass is 9.60. The van der Waals surface area contributed by atoms with E-state index < -0.39 is 6.10 Å². The number of aliphatic hydroxyl groups is 2. The van der Waals surface area contributed by atoms with E-state index >= 15 is 0 Å². The molecule has 0 spiro atoms. The minimum absolute atomic E-state index is 0.0153. The Bertz CT molecular complexity index is 768. The summed E-state index contributed by atoms with van der Waals surface area (Å²) in [4.78, 5) is 11.6. The first-order chi connectivity index (χ1) is 15.3. The molecule has 0 heterocycles. The van der Waals surface area contributed by atoms with E-state index in [0.717, 1.165) is 37.7 Å². The molecule has 0 radical (unpaired) electrons. The van der Waals surface area contributed by atoms with Crippen LogP contribution in [0.4, 0.5) is 0 Å². The number of benzene rings is 1. The van der Waals surface area contributed by atoms with Crippen molar-refractivity contribution in [3.05, 3.63) is 47.5 Å². The second-order valence-corrected chi connectivity index (χ2v) is 10.8. The number of hydrogen-bond donors (Lipinski definition) is 2. The molecule has 5 atom stereocenters. The highest BCUT2D eigenvalue weighted by Gasteiger charge is 2.43. The minimum atomic E-state index is -0.439. The molecule has 32 heavy (non-hydrogen) atoms. The summed E-state index contributed by atoms with van der Waals surface area (Å²) in [6.45, 7) is 4.46. The summed E-state index contributed by atoms with van der Waals surface area (Å²) in [5, 5.41) is 21.4. The van der Waals surface area contributed by atoms with Crippen LogP contribution in [0.15, 0.2) is 36.4 Å². The first-order valence-corrected chi connectivity index (χ1v) is 12.5. The Morgan fingerprint density at radius 1 is 1.28 bits per heavy atom. The standard InChI is InChI=1S/C27H39ClO4/c1-18(2)17-27(14-5-15-27)25(30)7-4-6-22-21(23(28)16-24(22)29)13-10-19-8-11-20(12-9-19)26(31)32-3/h4,6,8-9,11-12,18,21-25,29-30H,5,7,10,13-17H2,1-3H3/b6-4+/t21-,22-,23-,24-,25?/m1/s1. The average Bonchev–Trinajstić information content (AvgIpc) is 3.01. The van der Waals surface area contributed by atoms with Crippen LogP contribution in [0.3, 0.4) is 0 Å². The zero-order valence-corrected chi connectivity index (χ0v) is 20.4. The molecule has 5 heteroatoms. The maximum absolute atomic E-state index is 11.6. The summed E-state index contributed by atoms with van der Waals surface area (Å²) >= 11 is 6.62. The van der Waals surface area contributed by atoms with Crippen LogP contribution >= 0.6 is 11.6 Å². The predicted molar refractivity (Wildman–Crippen MR) is 129 cm³/mol. The van der Waals surface area contributed by atoms with E-state index in [1.165, 1.54) is 13.5 Å². The summed E-state index contributed by atoms with van der Waals surface area (Å²) < 4.78 is 4.75. The third-order valence-electron chi connectivity index (χ3n) is 7.60. The summed E-state index contributed by atoms with van der Waals surface area (Å²) in [7, 11) is 1.38. The summed E-state index contributed by atoms with van der Waals surface area (Å²) in [5.41, 5.74) is 1.77. The van der Waals surface area contributed by atoms with Crippen LogP contribution in [-0.4, -0.2) is 40.9 Å². The van der Waals surface area contributed by atoms with Gasteiger partial charge in [0, 0.05) is 11.3 Å². The van der Waals surface area contributed by atoms with E-state index in [1.54, 1.807) is 12.1 Å². The van der Waals surface area contributed by atoms with E-state index in [9.17, 15) is 15.0 Å². The van der Waals surface area contributed by atoms with Crippen molar-refractivity contribution in [2.45, 2.75) is 82.8 Å². The van der Waals surface area contributed by atoms with Gasteiger partial charge in [-0.1, -0.05) is 44.6 Å². The fourth-order valence-electron chi connectivity index (χ4n) is 5.72. The van der Waals surface area contributed by atoms with Crippen LogP contribution in [0, 0.1) is 23.2 Å². The highest BCUT2D eigenvalue weighted by atomic mass is 35.5. The number of hydrogen-bond acceptors (Lipinski definition) is 4. The lowest BCUT2D eigenvalue weighted by Crippen LogP contribution is -2.42. The van der Waals surface area contributed by atoms with Gasteiger partial charge in [-0.05, 0) is 79.9 Å². The SMILES string of the molecule is COC(=O)c1ccc(CC[C@@H]2[C@@H](/C=C/CC(O)C3(CC(C)C)CCC3)[C@H](O)C[C@H]2Cl)cc1. The quantitative estimate of drug-likeness (QED) is 0.272. The largest absolute Gasteiger partial charge is 0.465 e. The molecule has 0 amide bonds. The molecule has 2 N–H and O–H groups in total. The third kappa shape index (κ3) is 5.95. The maximum Gasteiger partial charge on any atom is 0.337 e. The van der Waals surface area contributed by atoms with Crippen LogP contribution in [0.25, 0.3) is 0 Å². The summed E-state index contributed by atoms with van der Waals surface area (Å²) in [6, 6.07) is 7.48. The molecule has 2 fully saturated rings. The third-order valence-corrected chi connectivity index (χ3v) is 8.10. The maximum atomic E-state index is 11.6. The van der Waals surface area contributed by atoms with Gasteiger partial charge >= 0.3 is 5.97 Å². The second kappa shape index (κ2) is 11.2.